The number of rotatable bonds is 6. The first-order chi connectivity index (χ1) is 12.1. The zero-order valence-corrected chi connectivity index (χ0v) is 15.2. The smallest absolute Gasteiger partial charge is 0.408 e. The fourth-order valence-electron chi connectivity index (χ4n) is 2.01. The van der Waals surface area contributed by atoms with E-state index in [4.69, 9.17) is 10.3 Å². The third-order valence-corrected chi connectivity index (χ3v) is 3.17. The standard InChI is InChI=1S/C17H23N5O4/c1-11(19-16(25)26-17(2,3)4)14(23)20-13(15(24)21-22-18)10-12-8-6-5-7-9-12/h5-9,11,13H,10H2,1-4H3,(H,19,25)(H,20,23)/t11-,13-/m0/s1. The van der Waals surface area contributed by atoms with Crippen molar-refractivity contribution in [1.82, 2.24) is 10.6 Å². The van der Waals surface area contributed by atoms with E-state index in [0.717, 1.165) is 5.56 Å². The minimum atomic E-state index is -1.04. The molecule has 0 aliphatic carbocycles. The molecule has 26 heavy (non-hydrogen) atoms. The molecule has 2 atom stereocenters. The van der Waals surface area contributed by atoms with E-state index < -0.39 is 35.6 Å². The van der Waals surface area contributed by atoms with E-state index in [1.165, 1.54) is 6.92 Å². The molecule has 0 fully saturated rings. The molecule has 0 spiro atoms. The van der Waals surface area contributed by atoms with E-state index in [1.54, 1.807) is 45.0 Å². The van der Waals surface area contributed by atoms with Gasteiger partial charge in [0.2, 0.25) is 11.8 Å². The van der Waals surface area contributed by atoms with Gasteiger partial charge in [-0.05, 0) is 50.3 Å². The average molecular weight is 361 g/mol. The SMILES string of the molecule is C[C@H](NC(=O)OC(C)(C)C)C(=O)N[C@@H](Cc1ccccc1)C(=O)N=[N+]=[N-]. The number of benzene rings is 1. The molecule has 0 heterocycles. The van der Waals surface area contributed by atoms with Crippen molar-refractivity contribution in [1.29, 1.82) is 0 Å². The Morgan fingerprint density at radius 2 is 1.81 bits per heavy atom. The van der Waals surface area contributed by atoms with Crippen LogP contribution >= 0.6 is 0 Å². The summed E-state index contributed by atoms with van der Waals surface area (Å²) in [6.45, 7) is 6.56. The Hall–Kier alpha value is -3.06. The topological polar surface area (TPSA) is 133 Å². The van der Waals surface area contributed by atoms with Crippen LogP contribution < -0.4 is 10.6 Å². The summed E-state index contributed by atoms with van der Waals surface area (Å²) in [4.78, 5) is 38.5. The lowest BCUT2D eigenvalue weighted by atomic mass is 10.1. The van der Waals surface area contributed by atoms with Gasteiger partial charge in [-0.3, -0.25) is 9.59 Å². The van der Waals surface area contributed by atoms with Crippen molar-refractivity contribution >= 4 is 17.9 Å². The van der Waals surface area contributed by atoms with Crippen molar-refractivity contribution < 1.29 is 19.1 Å². The number of carbonyl (C=O) groups excluding carboxylic acids is 3. The molecule has 0 aliphatic rings. The number of ether oxygens (including phenoxy) is 1. The molecule has 1 rings (SSSR count). The number of nitrogens with zero attached hydrogens (tertiary/aromatic N) is 3. The van der Waals surface area contributed by atoms with Crippen LogP contribution in [0.15, 0.2) is 35.4 Å². The predicted molar refractivity (Wildman–Crippen MR) is 95.1 cm³/mol. The number of carbonyl (C=O) groups is 3. The van der Waals surface area contributed by atoms with Crippen molar-refractivity contribution in [3.05, 3.63) is 46.3 Å². The summed E-state index contributed by atoms with van der Waals surface area (Å²) in [6, 6.07) is 6.98. The molecule has 3 amide bonds. The minimum absolute atomic E-state index is 0.156. The molecule has 0 aromatic heterocycles. The van der Waals surface area contributed by atoms with E-state index in [9.17, 15) is 14.4 Å². The van der Waals surface area contributed by atoms with E-state index in [0.29, 0.717) is 0 Å². The zero-order chi connectivity index (χ0) is 19.7. The van der Waals surface area contributed by atoms with Crippen molar-refractivity contribution in [2.24, 2.45) is 5.11 Å². The molecule has 0 saturated heterocycles. The van der Waals surface area contributed by atoms with Crippen LogP contribution in [0.25, 0.3) is 10.4 Å². The van der Waals surface area contributed by atoms with Crippen molar-refractivity contribution in [3.63, 3.8) is 0 Å². The highest BCUT2D eigenvalue weighted by Crippen LogP contribution is 2.08. The van der Waals surface area contributed by atoms with Crippen LogP contribution in [0.4, 0.5) is 4.79 Å². The van der Waals surface area contributed by atoms with E-state index in [-0.39, 0.29) is 6.42 Å². The molecule has 9 heteroatoms. The lowest BCUT2D eigenvalue weighted by Crippen LogP contribution is -2.51. The Morgan fingerprint density at radius 1 is 1.19 bits per heavy atom. The van der Waals surface area contributed by atoms with Crippen LogP contribution in [0.1, 0.15) is 33.3 Å². The van der Waals surface area contributed by atoms with Gasteiger partial charge in [0.05, 0.1) is 6.04 Å². The molecule has 0 saturated carbocycles. The van der Waals surface area contributed by atoms with E-state index >= 15 is 0 Å². The summed E-state index contributed by atoms with van der Waals surface area (Å²) < 4.78 is 5.08. The molecular weight excluding hydrogens is 338 g/mol. The average Bonchev–Trinajstić information content (AvgIpc) is 2.53. The molecule has 2 N–H and O–H groups in total. The second-order valence-electron chi connectivity index (χ2n) is 6.65. The molecular formula is C17H23N5O4. The summed E-state index contributed by atoms with van der Waals surface area (Å²) in [6.07, 6.45) is -0.593. The van der Waals surface area contributed by atoms with Crippen LogP contribution in [0.5, 0.6) is 0 Å². The maximum Gasteiger partial charge on any atom is 0.408 e. The van der Waals surface area contributed by atoms with Gasteiger partial charge in [-0.25, -0.2) is 4.79 Å². The Bertz CT molecular complexity index is 693. The number of nitrogens with one attached hydrogen (secondary N) is 2. The third-order valence-electron chi connectivity index (χ3n) is 3.17. The van der Waals surface area contributed by atoms with Crippen LogP contribution in [0, 0.1) is 0 Å². The first kappa shape index (κ1) is 21.0. The Labute approximate surface area is 151 Å². The van der Waals surface area contributed by atoms with Crippen LogP contribution in [0.3, 0.4) is 0 Å². The van der Waals surface area contributed by atoms with Gasteiger partial charge in [0.25, 0.3) is 0 Å². The second kappa shape index (κ2) is 9.43. The molecule has 0 bridgehead atoms. The van der Waals surface area contributed by atoms with Crippen LogP contribution in [-0.2, 0) is 20.7 Å². The summed E-state index contributed by atoms with van der Waals surface area (Å²) in [5.41, 5.74) is 8.56. The van der Waals surface area contributed by atoms with Gasteiger partial charge in [0.15, 0.2) is 0 Å². The number of alkyl carbamates (subject to hydrolysis) is 1. The molecule has 0 unspecified atom stereocenters. The number of hydrogen-bond donors (Lipinski definition) is 2. The summed E-state index contributed by atoms with van der Waals surface area (Å²) >= 11 is 0. The highest BCUT2D eigenvalue weighted by atomic mass is 16.6. The van der Waals surface area contributed by atoms with Crippen LogP contribution in [-0.4, -0.2) is 35.6 Å². The van der Waals surface area contributed by atoms with Gasteiger partial charge in [0, 0.05) is 4.91 Å². The first-order valence-corrected chi connectivity index (χ1v) is 8.05. The maximum atomic E-state index is 12.3. The van der Waals surface area contributed by atoms with Crippen LogP contribution in [0.2, 0.25) is 0 Å². The molecule has 0 radical (unpaired) electrons. The van der Waals surface area contributed by atoms with Crippen molar-refractivity contribution in [2.75, 3.05) is 0 Å². The minimum Gasteiger partial charge on any atom is -0.444 e. The van der Waals surface area contributed by atoms with Gasteiger partial charge < -0.3 is 15.4 Å². The number of amides is 3. The largest absolute Gasteiger partial charge is 0.444 e. The van der Waals surface area contributed by atoms with Crippen molar-refractivity contribution in [2.45, 2.75) is 51.8 Å². The Morgan fingerprint density at radius 3 is 2.35 bits per heavy atom. The first-order valence-electron chi connectivity index (χ1n) is 8.05. The van der Waals surface area contributed by atoms with Gasteiger partial charge in [-0.2, -0.15) is 0 Å². The van der Waals surface area contributed by atoms with Gasteiger partial charge in [0.1, 0.15) is 11.6 Å². The maximum absolute atomic E-state index is 12.3. The molecule has 1 aromatic rings. The summed E-state index contributed by atoms with van der Waals surface area (Å²) in [7, 11) is 0. The number of azide groups is 1. The third kappa shape index (κ3) is 7.67. The molecule has 0 aliphatic heterocycles. The fraction of sp³-hybridized carbons (Fsp3) is 0.471. The summed E-state index contributed by atoms with van der Waals surface area (Å²) in [5, 5.41) is 7.94. The quantitative estimate of drug-likeness (QED) is 0.457. The summed E-state index contributed by atoms with van der Waals surface area (Å²) in [5.74, 6) is -1.41. The lowest BCUT2D eigenvalue weighted by Gasteiger charge is -2.23. The molecule has 1 aromatic carbocycles. The highest BCUT2D eigenvalue weighted by molar-refractivity contribution is 5.91. The fourth-order valence-corrected chi connectivity index (χ4v) is 2.01. The van der Waals surface area contributed by atoms with E-state index in [2.05, 4.69) is 20.7 Å². The Kier molecular flexibility index (Phi) is 7.61. The van der Waals surface area contributed by atoms with Gasteiger partial charge >= 0.3 is 6.09 Å². The highest BCUT2D eigenvalue weighted by Gasteiger charge is 2.25. The lowest BCUT2D eigenvalue weighted by molar-refractivity contribution is -0.128. The molecule has 140 valence electrons. The predicted octanol–water partition coefficient (Wildman–Crippen LogP) is 2.46. The second-order valence-corrected chi connectivity index (χ2v) is 6.65. The monoisotopic (exact) mass is 361 g/mol. The zero-order valence-electron chi connectivity index (χ0n) is 15.2. The van der Waals surface area contributed by atoms with Gasteiger partial charge in [-0.1, -0.05) is 30.3 Å². The normalized spacial score (nSPS) is 12.9. The number of hydrogen-bond acceptors (Lipinski definition) is 4. The van der Waals surface area contributed by atoms with Crippen molar-refractivity contribution in [3.8, 4) is 0 Å². The Balaban J connectivity index is 2.76. The van der Waals surface area contributed by atoms with E-state index in [1.807, 2.05) is 6.07 Å². The van der Waals surface area contributed by atoms with Gasteiger partial charge in [-0.15, -0.1) is 0 Å². The molecule has 9 nitrogen and oxygen atoms in total.